The molecule has 0 saturated carbocycles. The van der Waals surface area contributed by atoms with E-state index in [0.29, 0.717) is 11.0 Å². The lowest BCUT2D eigenvalue weighted by atomic mass is 9.68. The van der Waals surface area contributed by atoms with Crippen LogP contribution in [0.5, 0.6) is 5.75 Å². The molecular weight excluding hydrogens is 356 g/mol. The van der Waals surface area contributed by atoms with Crippen LogP contribution in [0.1, 0.15) is 76.8 Å². The zero-order valence-corrected chi connectivity index (χ0v) is 17.1. The Morgan fingerprint density at radius 2 is 1.96 bits per heavy atom. The van der Waals surface area contributed by atoms with E-state index in [1.54, 1.807) is 0 Å². The Balaban J connectivity index is 2.01. The zero-order valence-electron chi connectivity index (χ0n) is 17.1. The first-order valence-corrected chi connectivity index (χ1v) is 10.3. The molecule has 0 saturated heterocycles. The average molecular weight is 384 g/mol. The first-order valence-electron chi connectivity index (χ1n) is 10.3. The molecule has 1 aliphatic heterocycles. The fourth-order valence-corrected chi connectivity index (χ4v) is 4.92. The molecule has 1 aliphatic carbocycles. The Hall–Kier alpha value is -2.30. The van der Waals surface area contributed by atoms with Gasteiger partial charge in [-0.2, -0.15) is 0 Å². The maximum atomic E-state index is 12.6. The highest BCUT2D eigenvalue weighted by molar-refractivity contribution is 5.86. The smallest absolute Gasteiger partial charge is 0.487 e. The summed E-state index contributed by atoms with van der Waals surface area (Å²) in [5.74, 6) is 0.0910. The van der Waals surface area contributed by atoms with Crippen LogP contribution in [-0.4, -0.2) is 5.60 Å². The van der Waals surface area contributed by atoms with Crippen molar-refractivity contribution in [3.8, 4) is 5.75 Å². The van der Waals surface area contributed by atoms with Crippen molar-refractivity contribution in [1.29, 1.82) is 0 Å². The Kier molecular flexibility index (Phi) is 4.72. The lowest BCUT2D eigenvalue weighted by Gasteiger charge is -2.46. The van der Waals surface area contributed by atoms with Gasteiger partial charge in [-0.05, 0) is 58.1 Å². The monoisotopic (exact) mass is 384 g/mol. The molecule has 0 amide bonds. The molecule has 150 valence electrons. The largest absolute Gasteiger partial charge is 0.522 e. The molecule has 28 heavy (non-hydrogen) atoms. The van der Waals surface area contributed by atoms with Crippen molar-refractivity contribution >= 4 is 11.0 Å². The molecule has 2 heterocycles. The molecule has 2 atom stereocenters. The van der Waals surface area contributed by atoms with Crippen LogP contribution in [-0.2, 0) is 6.42 Å². The van der Waals surface area contributed by atoms with Gasteiger partial charge in [-0.3, -0.25) is 0 Å². The van der Waals surface area contributed by atoms with E-state index >= 15 is 0 Å². The van der Waals surface area contributed by atoms with Gasteiger partial charge in [0.15, 0.2) is 5.58 Å². The molecule has 0 radical (unpaired) electrons. The SMILES string of the molecule is CCCCCc1cc2c(c3oc(=O)oc(=O)c13)[C@@H]1C=C(C)CC[C@H]1C(C)(C)O2. The minimum absolute atomic E-state index is 0.0599. The van der Waals surface area contributed by atoms with Gasteiger partial charge in [0.2, 0.25) is 0 Å². The number of rotatable bonds is 4. The second-order valence-corrected chi connectivity index (χ2v) is 8.74. The van der Waals surface area contributed by atoms with Gasteiger partial charge in [0.1, 0.15) is 16.7 Å². The van der Waals surface area contributed by atoms with Gasteiger partial charge in [-0.25, -0.2) is 9.59 Å². The van der Waals surface area contributed by atoms with E-state index in [4.69, 9.17) is 13.6 Å². The lowest BCUT2D eigenvalue weighted by molar-refractivity contribution is 0.0118. The quantitative estimate of drug-likeness (QED) is 0.542. The van der Waals surface area contributed by atoms with Crippen LogP contribution < -0.4 is 16.2 Å². The molecule has 0 unspecified atom stereocenters. The molecule has 5 nitrogen and oxygen atoms in total. The third-order valence-electron chi connectivity index (χ3n) is 6.33. The van der Waals surface area contributed by atoms with E-state index in [-0.39, 0.29) is 17.4 Å². The number of benzene rings is 1. The number of hydrogen-bond donors (Lipinski definition) is 0. The molecule has 5 heteroatoms. The summed E-state index contributed by atoms with van der Waals surface area (Å²) in [7, 11) is 0. The summed E-state index contributed by atoms with van der Waals surface area (Å²) in [5, 5.41) is 0.396. The zero-order chi connectivity index (χ0) is 20.1. The Morgan fingerprint density at radius 1 is 1.18 bits per heavy atom. The van der Waals surface area contributed by atoms with Crippen molar-refractivity contribution in [2.45, 2.75) is 77.7 Å². The lowest BCUT2D eigenvalue weighted by Crippen LogP contribution is -2.45. The summed E-state index contributed by atoms with van der Waals surface area (Å²) in [6.07, 6.45) is 8.12. The van der Waals surface area contributed by atoms with E-state index in [0.717, 1.165) is 55.4 Å². The van der Waals surface area contributed by atoms with Gasteiger partial charge < -0.3 is 13.6 Å². The van der Waals surface area contributed by atoms with E-state index in [1.165, 1.54) is 5.57 Å². The van der Waals surface area contributed by atoms with Crippen LogP contribution >= 0.6 is 0 Å². The summed E-state index contributed by atoms with van der Waals surface area (Å²) < 4.78 is 16.7. The number of hydrogen-bond acceptors (Lipinski definition) is 5. The van der Waals surface area contributed by atoms with E-state index in [2.05, 4.69) is 33.8 Å². The predicted octanol–water partition coefficient (Wildman–Crippen LogP) is 5.09. The van der Waals surface area contributed by atoms with E-state index < -0.39 is 11.4 Å². The topological polar surface area (TPSA) is 69.7 Å². The normalized spacial score (nSPS) is 22.9. The molecule has 0 N–H and O–H groups in total. The maximum Gasteiger partial charge on any atom is 0.522 e. The maximum absolute atomic E-state index is 12.6. The molecule has 0 spiro atoms. The van der Waals surface area contributed by atoms with Crippen LogP contribution in [0, 0.1) is 5.92 Å². The summed E-state index contributed by atoms with van der Waals surface area (Å²) in [6.45, 7) is 8.52. The van der Waals surface area contributed by atoms with Crippen molar-refractivity contribution in [1.82, 2.24) is 0 Å². The number of aryl methyl sites for hydroxylation is 1. The van der Waals surface area contributed by atoms with Crippen molar-refractivity contribution < 1.29 is 13.6 Å². The van der Waals surface area contributed by atoms with Gasteiger partial charge in [-0.1, -0.05) is 31.4 Å². The molecule has 1 aromatic heterocycles. The molecular formula is C23H28O5. The third-order valence-corrected chi connectivity index (χ3v) is 6.33. The summed E-state index contributed by atoms with van der Waals surface area (Å²) in [6, 6.07) is 1.97. The first-order chi connectivity index (χ1) is 13.3. The Labute approximate surface area is 164 Å². The van der Waals surface area contributed by atoms with E-state index in [1.807, 2.05) is 6.07 Å². The summed E-state index contributed by atoms with van der Waals surface area (Å²) in [5.41, 5.74) is 2.38. The van der Waals surface area contributed by atoms with Crippen molar-refractivity contribution in [2.24, 2.45) is 5.92 Å². The van der Waals surface area contributed by atoms with Gasteiger partial charge in [0.05, 0.1) is 0 Å². The molecule has 0 bridgehead atoms. The van der Waals surface area contributed by atoms with Crippen LogP contribution in [0.2, 0.25) is 0 Å². The summed E-state index contributed by atoms with van der Waals surface area (Å²) in [4.78, 5) is 24.5. The van der Waals surface area contributed by atoms with Crippen LogP contribution in [0.3, 0.4) is 0 Å². The summed E-state index contributed by atoms with van der Waals surface area (Å²) >= 11 is 0. The highest BCUT2D eigenvalue weighted by atomic mass is 16.6. The third kappa shape index (κ3) is 3.11. The van der Waals surface area contributed by atoms with Gasteiger partial charge in [0, 0.05) is 17.4 Å². The Bertz CT molecular complexity index is 1050. The standard InChI is InChI=1S/C23H28O5/c1-5-6-7-8-14-12-17-19(20-18(14)21(24)27-22(25)26-20)15-11-13(2)9-10-16(15)23(3,4)28-17/h11-12,15-16H,5-10H2,1-4H3/t15-,16-/m1/s1. The number of fused-ring (bicyclic) bond motifs is 5. The fourth-order valence-electron chi connectivity index (χ4n) is 4.92. The minimum Gasteiger partial charge on any atom is -0.487 e. The molecule has 2 aromatic rings. The molecule has 4 rings (SSSR count). The van der Waals surface area contributed by atoms with Crippen molar-refractivity contribution in [3.05, 3.63) is 49.9 Å². The molecule has 2 aliphatic rings. The van der Waals surface area contributed by atoms with Crippen molar-refractivity contribution in [3.63, 3.8) is 0 Å². The van der Waals surface area contributed by atoms with E-state index in [9.17, 15) is 9.59 Å². The molecule has 0 fully saturated rings. The predicted molar refractivity (Wildman–Crippen MR) is 108 cm³/mol. The second kappa shape index (κ2) is 6.94. The van der Waals surface area contributed by atoms with Gasteiger partial charge >= 0.3 is 11.4 Å². The first kappa shape index (κ1) is 19.0. The Morgan fingerprint density at radius 3 is 2.71 bits per heavy atom. The molecule has 1 aromatic carbocycles. The van der Waals surface area contributed by atoms with Gasteiger partial charge in [-0.15, -0.1) is 0 Å². The fraction of sp³-hybridized carbons (Fsp3) is 0.565. The van der Waals surface area contributed by atoms with Gasteiger partial charge in [0.25, 0.3) is 0 Å². The van der Waals surface area contributed by atoms with Crippen LogP contribution in [0.4, 0.5) is 0 Å². The van der Waals surface area contributed by atoms with Crippen LogP contribution in [0.25, 0.3) is 11.0 Å². The number of allylic oxidation sites excluding steroid dienone is 2. The van der Waals surface area contributed by atoms with Crippen molar-refractivity contribution in [2.75, 3.05) is 0 Å². The highest BCUT2D eigenvalue weighted by Crippen LogP contribution is 2.52. The van der Waals surface area contributed by atoms with Crippen LogP contribution in [0.15, 0.2) is 36.1 Å². The highest BCUT2D eigenvalue weighted by Gasteiger charge is 2.45. The number of ether oxygens (including phenoxy) is 1. The number of unbranched alkanes of at least 4 members (excludes halogenated alkanes) is 2. The minimum atomic E-state index is -0.955. The average Bonchev–Trinajstić information content (AvgIpc) is 2.60. The second-order valence-electron chi connectivity index (χ2n) is 8.74.